The molecule has 0 aliphatic heterocycles. The third-order valence-corrected chi connectivity index (χ3v) is 2.60. The summed E-state index contributed by atoms with van der Waals surface area (Å²) in [6.07, 6.45) is -0.952. The van der Waals surface area contributed by atoms with Crippen molar-refractivity contribution >= 4 is 52.4 Å². The average Bonchev–Trinajstić information content (AvgIpc) is 2.14. The summed E-state index contributed by atoms with van der Waals surface area (Å²) in [5.41, 5.74) is 0.569. The number of alkyl halides is 3. The number of hydrogen-bond acceptors (Lipinski definition) is 2. The van der Waals surface area contributed by atoms with Crippen molar-refractivity contribution in [3.05, 3.63) is 34.9 Å². The van der Waals surface area contributed by atoms with Gasteiger partial charge in [-0.3, -0.25) is 4.79 Å². The van der Waals surface area contributed by atoms with E-state index >= 15 is 0 Å². The minimum absolute atomic E-state index is 0.522. The Balaban J connectivity index is 3.01. The Hall–Kier alpha value is -0.150. The smallest absolute Gasteiger partial charge is 0.303 e. The van der Waals surface area contributed by atoms with Crippen LogP contribution in [0.3, 0.4) is 0 Å². The summed E-state index contributed by atoms with van der Waals surface area (Å²) in [7, 11) is 0. The Bertz CT molecular complexity index is 369. The van der Waals surface area contributed by atoms with E-state index < -0.39 is 15.9 Å². The number of halogens is 4. The molecule has 1 rings (SSSR count). The summed E-state index contributed by atoms with van der Waals surface area (Å²) in [5.74, 6) is -0.522. The van der Waals surface area contributed by atoms with Crippen molar-refractivity contribution in [1.29, 1.82) is 0 Å². The first kappa shape index (κ1) is 13.9. The van der Waals surface area contributed by atoms with Gasteiger partial charge in [-0.25, -0.2) is 0 Å². The molecule has 0 aliphatic carbocycles. The van der Waals surface area contributed by atoms with Crippen LogP contribution >= 0.6 is 46.4 Å². The molecule has 2 nitrogen and oxygen atoms in total. The fourth-order valence-corrected chi connectivity index (χ4v) is 1.76. The van der Waals surface area contributed by atoms with E-state index in [0.29, 0.717) is 10.6 Å². The number of esters is 1. The number of hydrogen-bond donors (Lipinski definition) is 0. The second kappa shape index (κ2) is 5.46. The first-order chi connectivity index (χ1) is 7.30. The van der Waals surface area contributed by atoms with Crippen LogP contribution in [0.2, 0.25) is 5.02 Å². The summed E-state index contributed by atoms with van der Waals surface area (Å²) in [4.78, 5) is 10.9. The molecule has 0 bridgehead atoms. The summed E-state index contributed by atoms with van der Waals surface area (Å²) in [6, 6.07) is 6.53. The SMILES string of the molecule is CC(=O)O[C@@H](c1ccc(Cl)cc1)C(Cl)(Cl)Cl. The summed E-state index contributed by atoms with van der Waals surface area (Å²) in [5, 5.41) is 0.551. The molecule has 0 saturated carbocycles. The molecule has 0 fully saturated rings. The molecule has 1 atom stereocenters. The highest BCUT2D eigenvalue weighted by Gasteiger charge is 2.36. The molecule has 0 aliphatic rings. The lowest BCUT2D eigenvalue weighted by molar-refractivity contribution is -0.146. The molecule has 0 aromatic heterocycles. The highest BCUT2D eigenvalue weighted by atomic mass is 35.6. The van der Waals surface area contributed by atoms with Gasteiger partial charge in [0.2, 0.25) is 3.79 Å². The highest BCUT2D eigenvalue weighted by molar-refractivity contribution is 6.68. The number of carbonyl (C=O) groups is 1. The molecule has 1 aromatic rings. The third-order valence-electron chi connectivity index (χ3n) is 1.75. The van der Waals surface area contributed by atoms with E-state index in [2.05, 4.69) is 0 Å². The molecule has 0 amide bonds. The van der Waals surface area contributed by atoms with Gasteiger partial charge in [-0.15, -0.1) is 0 Å². The number of benzene rings is 1. The van der Waals surface area contributed by atoms with Crippen molar-refractivity contribution in [2.24, 2.45) is 0 Å². The van der Waals surface area contributed by atoms with E-state index in [9.17, 15) is 4.79 Å². The molecule has 0 saturated heterocycles. The standard InChI is InChI=1S/C10H8Cl4O2/c1-6(15)16-9(10(12,13)14)7-2-4-8(11)5-3-7/h2-5,9H,1H3/t9-/m0/s1. The van der Waals surface area contributed by atoms with Crippen LogP contribution in [0.4, 0.5) is 0 Å². The van der Waals surface area contributed by atoms with Gasteiger partial charge in [0.15, 0.2) is 6.10 Å². The molecule has 1 aromatic carbocycles. The van der Waals surface area contributed by atoms with E-state index in [1.54, 1.807) is 24.3 Å². The first-order valence-electron chi connectivity index (χ1n) is 4.30. The van der Waals surface area contributed by atoms with Crippen molar-refractivity contribution < 1.29 is 9.53 Å². The molecule has 6 heteroatoms. The average molecular weight is 302 g/mol. The van der Waals surface area contributed by atoms with Gasteiger partial charge in [0.05, 0.1) is 0 Å². The van der Waals surface area contributed by atoms with Crippen molar-refractivity contribution in [3.8, 4) is 0 Å². The van der Waals surface area contributed by atoms with Crippen LogP contribution < -0.4 is 0 Å². The maximum atomic E-state index is 10.9. The maximum Gasteiger partial charge on any atom is 0.303 e. The Kier molecular flexibility index (Phi) is 4.74. The van der Waals surface area contributed by atoms with E-state index in [4.69, 9.17) is 51.1 Å². The van der Waals surface area contributed by atoms with E-state index in [0.717, 1.165) is 0 Å². The molecular weight excluding hydrogens is 294 g/mol. The molecule has 16 heavy (non-hydrogen) atoms. The van der Waals surface area contributed by atoms with Gasteiger partial charge in [-0.2, -0.15) is 0 Å². The number of carbonyl (C=O) groups excluding carboxylic acids is 1. The summed E-state index contributed by atoms with van der Waals surface area (Å²) >= 11 is 22.9. The fourth-order valence-electron chi connectivity index (χ4n) is 1.13. The first-order valence-corrected chi connectivity index (χ1v) is 5.81. The largest absolute Gasteiger partial charge is 0.453 e. The van der Waals surface area contributed by atoms with E-state index in [1.165, 1.54) is 6.92 Å². The van der Waals surface area contributed by atoms with Gasteiger partial charge in [0, 0.05) is 11.9 Å². The zero-order valence-corrected chi connectivity index (χ0v) is 11.2. The van der Waals surface area contributed by atoms with E-state index in [-0.39, 0.29) is 0 Å². The lowest BCUT2D eigenvalue weighted by atomic mass is 10.1. The van der Waals surface area contributed by atoms with Gasteiger partial charge in [0.1, 0.15) is 0 Å². The van der Waals surface area contributed by atoms with Crippen LogP contribution in [-0.4, -0.2) is 9.76 Å². The van der Waals surface area contributed by atoms with E-state index in [1.807, 2.05) is 0 Å². The van der Waals surface area contributed by atoms with Crippen LogP contribution in [0.25, 0.3) is 0 Å². The predicted molar refractivity (Wildman–Crippen MR) is 66.2 cm³/mol. The topological polar surface area (TPSA) is 26.3 Å². The normalized spacial score (nSPS) is 13.3. The van der Waals surface area contributed by atoms with Gasteiger partial charge in [-0.1, -0.05) is 58.5 Å². The molecule has 0 heterocycles. The molecule has 0 spiro atoms. The zero-order valence-electron chi connectivity index (χ0n) is 8.22. The van der Waals surface area contributed by atoms with Crippen LogP contribution in [0.5, 0.6) is 0 Å². The third kappa shape index (κ3) is 4.02. The second-order valence-corrected chi connectivity index (χ2v) is 5.89. The van der Waals surface area contributed by atoms with Crippen LogP contribution in [0, 0.1) is 0 Å². The Morgan fingerprint density at radius 2 is 1.75 bits per heavy atom. The quantitative estimate of drug-likeness (QED) is 0.601. The van der Waals surface area contributed by atoms with Crippen molar-refractivity contribution in [3.63, 3.8) is 0 Å². The van der Waals surface area contributed by atoms with Gasteiger partial charge in [-0.05, 0) is 17.7 Å². The zero-order chi connectivity index (χ0) is 12.3. The molecule has 0 N–H and O–H groups in total. The van der Waals surface area contributed by atoms with Crippen LogP contribution in [0.1, 0.15) is 18.6 Å². The maximum absolute atomic E-state index is 10.9. The van der Waals surface area contributed by atoms with Crippen molar-refractivity contribution in [1.82, 2.24) is 0 Å². The predicted octanol–water partition coefficient (Wildman–Crippen LogP) is 4.31. The lowest BCUT2D eigenvalue weighted by Crippen LogP contribution is -2.22. The molecule has 88 valence electrons. The molecule has 0 unspecified atom stereocenters. The Morgan fingerprint density at radius 1 is 1.25 bits per heavy atom. The summed E-state index contributed by atoms with van der Waals surface area (Å²) < 4.78 is 3.24. The van der Waals surface area contributed by atoms with Crippen molar-refractivity contribution in [2.45, 2.75) is 16.8 Å². The molecular formula is C10H8Cl4O2. The van der Waals surface area contributed by atoms with Crippen LogP contribution in [0.15, 0.2) is 24.3 Å². The summed E-state index contributed by atoms with van der Waals surface area (Å²) in [6.45, 7) is 1.25. The fraction of sp³-hybridized carbons (Fsp3) is 0.300. The van der Waals surface area contributed by atoms with Gasteiger partial charge in [0.25, 0.3) is 0 Å². The minimum atomic E-state index is -1.72. The second-order valence-electron chi connectivity index (χ2n) is 3.08. The van der Waals surface area contributed by atoms with Gasteiger partial charge < -0.3 is 4.74 Å². The molecule has 0 radical (unpaired) electrons. The Morgan fingerprint density at radius 3 is 2.12 bits per heavy atom. The Labute approximate surface area is 113 Å². The van der Waals surface area contributed by atoms with Crippen molar-refractivity contribution in [2.75, 3.05) is 0 Å². The monoisotopic (exact) mass is 300 g/mol. The lowest BCUT2D eigenvalue weighted by Gasteiger charge is -2.24. The van der Waals surface area contributed by atoms with Crippen LogP contribution in [-0.2, 0) is 9.53 Å². The minimum Gasteiger partial charge on any atom is -0.453 e. The number of rotatable bonds is 2. The van der Waals surface area contributed by atoms with Gasteiger partial charge >= 0.3 is 5.97 Å². The number of ether oxygens (including phenoxy) is 1. The highest BCUT2D eigenvalue weighted by Crippen LogP contribution is 2.42.